The normalized spacial score (nSPS) is 18.3. The van der Waals surface area contributed by atoms with Crippen LogP contribution in [0.3, 0.4) is 0 Å². The zero-order valence-corrected chi connectivity index (χ0v) is 13.8. The van der Waals surface area contributed by atoms with Crippen molar-refractivity contribution in [1.29, 1.82) is 0 Å². The lowest BCUT2D eigenvalue weighted by Crippen LogP contribution is -2.55. The Labute approximate surface area is 128 Å². The van der Waals surface area contributed by atoms with Crippen LogP contribution >= 0.6 is 0 Å². The minimum absolute atomic E-state index is 0.0518. The Kier molecular flexibility index (Phi) is 4.95. The first-order valence-corrected chi connectivity index (χ1v) is 8.01. The summed E-state index contributed by atoms with van der Waals surface area (Å²) in [7, 11) is 0. The largest absolute Gasteiger partial charge is 0.491 e. The van der Waals surface area contributed by atoms with Crippen LogP contribution in [0.1, 0.15) is 46.1 Å². The minimum atomic E-state index is -0.292. The first kappa shape index (κ1) is 16.3. The zero-order valence-electron chi connectivity index (χ0n) is 13.8. The van der Waals surface area contributed by atoms with E-state index in [0.717, 1.165) is 12.3 Å². The summed E-state index contributed by atoms with van der Waals surface area (Å²) in [5.41, 5.74) is 0.972. The molecule has 1 aliphatic carbocycles. The van der Waals surface area contributed by atoms with E-state index in [2.05, 4.69) is 45.1 Å². The summed E-state index contributed by atoms with van der Waals surface area (Å²) in [5, 5.41) is 13.3. The Bertz CT molecular complexity index is 463. The van der Waals surface area contributed by atoms with Gasteiger partial charge in [-0.05, 0) is 42.3 Å². The highest BCUT2D eigenvalue weighted by atomic mass is 16.5. The van der Waals surface area contributed by atoms with Crippen molar-refractivity contribution >= 4 is 0 Å². The van der Waals surface area contributed by atoms with Crippen LogP contribution in [0.25, 0.3) is 0 Å². The molecule has 0 aliphatic heterocycles. The van der Waals surface area contributed by atoms with Gasteiger partial charge in [-0.1, -0.05) is 45.9 Å². The molecule has 1 aromatic carbocycles. The predicted molar refractivity (Wildman–Crippen MR) is 86.9 cm³/mol. The summed E-state index contributed by atoms with van der Waals surface area (Å²) >= 11 is 0. The molecule has 1 aliphatic rings. The molecule has 2 N–H and O–H groups in total. The van der Waals surface area contributed by atoms with Crippen LogP contribution in [0.5, 0.6) is 5.75 Å². The van der Waals surface area contributed by atoms with Gasteiger partial charge in [0.05, 0.1) is 12.1 Å². The number of nitrogens with one attached hydrogen (secondary N) is 1. The molecule has 0 aromatic heterocycles. The molecule has 1 saturated carbocycles. The van der Waals surface area contributed by atoms with E-state index in [1.165, 1.54) is 18.4 Å². The Hall–Kier alpha value is -1.06. The fraction of sp³-hybridized carbons (Fsp3) is 0.667. The van der Waals surface area contributed by atoms with Crippen LogP contribution in [0.4, 0.5) is 0 Å². The van der Waals surface area contributed by atoms with Gasteiger partial charge in [0.2, 0.25) is 0 Å². The maximum absolute atomic E-state index is 9.88. The summed E-state index contributed by atoms with van der Waals surface area (Å²) in [4.78, 5) is 0. The lowest BCUT2D eigenvalue weighted by Gasteiger charge is -2.34. The van der Waals surface area contributed by atoms with Crippen molar-refractivity contribution < 1.29 is 9.84 Å². The first-order chi connectivity index (χ1) is 9.93. The summed E-state index contributed by atoms with van der Waals surface area (Å²) in [6.07, 6.45) is 2.36. The highest BCUT2D eigenvalue weighted by Gasteiger charge is 2.45. The molecule has 0 saturated heterocycles. The van der Waals surface area contributed by atoms with Gasteiger partial charge < -0.3 is 15.2 Å². The summed E-state index contributed by atoms with van der Waals surface area (Å²) in [6.45, 7) is 10.2. The van der Waals surface area contributed by atoms with Crippen molar-refractivity contribution in [3.8, 4) is 5.75 Å². The number of likely N-dealkylation sites (N-methyl/N-ethyl adjacent to an activating group) is 1. The number of benzene rings is 1. The third-order valence-electron chi connectivity index (χ3n) is 4.35. The average Bonchev–Trinajstić information content (AvgIpc) is 3.28. The molecule has 1 aromatic rings. The van der Waals surface area contributed by atoms with E-state index < -0.39 is 0 Å². The van der Waals surface area contributed by atoms with Crippen LogP contribution in [0.2, 0.25) is 0 Å². The van der Waals surface area contributed by atoms with E-state index >= 15 is 0 Å². The Morgan fingerprint density at radius 3 is 2.43 bits per heavy atom. The highest BCUT2D eigenvalue weighted by molar-refractivity contribution is 5.38. The maximum Gasteiger partial charge on any atom is 0.123 e. The maximum atomic E-state index is 9.88. The van der Waals surface area contributed by atoms with Crippen molar-refractivity contribution in [1.82, 2.24) is 5.32 Å². The second-order valence-corrected chi connectivity index (χ2v) is 7.15. The summed E-state index contributed by atoms with van der Waals surface area (Å²) in [5.74, 6) is 1.46. The number of aliphatic hydroxyl groups excluding tert-OH is 1. The number of rotatable bonds is 7. The molecule has 1 unspecified atom stereocenters. The zero-order chi connectivity index (χ0) is 15.5. The van der Waals surface area contributed by atoms with Gasteiger partial charge in [0, 0.05) is 0 Å². The first-order valence-electron chi connectivity index (χ1n) is 8.01. The van der Waals surface area contributed by atoms with E-state index in [-0.39, 0.29) is 17.6 Å². The fourth-order valence-corrected chi connectivity index (χ4v) is 2.95. The van der Waals surface area contributed by atoms with E-state index in [4.69, 9.17) is 4.74 Å². The molecule has 0 amide bonds. The second-order valence-electron chi connectivity index (χ2n) is 7.15. The van der Waals surface area contributed by atoms with Gasteiger partial charge in [-0.2, -0.15) is 0 Å². The average molecular weight is 291 g/mol. The molecule has 3 nitrogen and oxygen atoms in total. The van der Waals surface area contributed by atoms with E-state index in [0.29, 0.717) is 12.5 Å². The van der Waals surface area contributed by atoms with Gasteiger partial charge in [-0.25, -0.2) is 0 Å². The van der Waals surface area contributed by atoms with Crippen molar-refractivity contribution in [2.24, 2.45) is 5.92 Å². The molecule has 2 rings (SSSR count). The number of hydrogen-bond acceptors (Lipinski definition) is 3. The topological polar surface area (TPSA) is 41.5 Å². The standard InChI is InChI=1S/C18H29NO2/c1-5-19-18(12-20,14-10-11-14)13-21-16-9-7-6-8-15(16)17(2,3)4/h6-9,14,19-20H,5,10-13H2,1-4H3. The van der Waals surface area contributed by atoms with Gasteiger partial charge >= 0.3 is 0 Å². The molecular formula is C18H29NO2. The molecule has 118 valence electrons. The molecular weight excluding hydrogens is 262 g/mol. The van der Waals surface area contributed by atoms with Crippen LogP contribution in [0.15, 0.2) is 24.3 Å². The highest BCUT2D eigenvalue weighted by Crippen LogP contribution is 2.40. The molecule has 21 heavy (non-hydrogen) atoms. The Morgan fingerprint density at radius 2 is 1.90 bits per heavy atom. The van der Waals surface area contributed by atoms with Crippen molar-refractivity contribution in [3.05, 3.63) is 29.8 Å². The summed E-state index contributed by atoms with van der Waals surface area (Å²) in [6, 6.07) is 8.22. The smallest absolute Gasteiger partial charge is 0.123 e. The Balaban J connectivity index is 2.15. The predicted octanol–water partition coefficient (Wildman–Crippen LogP) is 3.11. The van der Waals surface area contributed by atoms with E-state index in [9.17, 15) is 5.11 Å². The number of hydrogen-bond donors (Lipinski definition) is 2. The van der Waals surface area contributed by atoms with Crippen molar-refractivity contribution in [2.75, 3.05) is 19.8 Å². The molecule has 0 heterocycles. The van der Waals surface area contributed by atoms with Gasteiger partial charge in [-0.15, -0.1) is 0 Å². The van der Waals surface area contributed by atoms with Crippen LogP contribution in [0, 0.1) is 5.92 Å². The number of aliphatic hydroxyl groups is 1. The van der Waals surface area contributed by atoms with Crippen LogP contribution < -0.4 is 10.1 Å². The summed E-state index contributed by atoms with van der Waals surface area (Å²) < 4.78 is 6.15. The van der Waals surface area contributed by atoms with Crippen molar-refractivity contribution in [2.45, 2.75) is 51.5 Å². The molecule has 0 spiro atoms. The van der Waals surface area contributed by atoms with Gasteiger partial charge in [0.25, 0.3) is 0 Å². The van der Waals surface area contributed by atoms with Crippen LogP contribution in [-0.4, -0.2) is 30.4 Å². The molecule has 0 bridgehead atoms. The molecule has 1 atom stereocenters. The molecule has 0 radical (unpaired) electrons. The third-order valence-corrected chi connectivity index (χ3v) is 4.35. The minimum Gasteiger partial charge on any atom is -0.491 e. The molecule has 3 heteroatoms. The number of para-hydroxylation sites is 1. The van der Waals surface area contributed by atoms with E-state index in [1.807, 2.05) is 12.1 Å². The Morgan fingerprint density at radius 1 is 1.24 bits per heavy atom. The van der Waals surface area contributed by atoms with Gasteiger partial charge in [0.1, 0.15) is 12.4 Å². The monoisotopic (exact) mass is 291 g/mol. The van der Waals surface area contributed by atoms with Gasteiger partial charge in [-0.3, -0.25) is 0 Å². The second kappa shape index (κ2) is 6.37. The van der Waals surface area contributed by atoms with Gasteiger partial charge in [0.15, 0.2) is 0 Å². The third kappa shape index (κ3) is 3.78. The van der Waals surface area contributed by atoms with Crippen LogP contribution in [-0.2, 0) is 5.41 Å². The quantitative estimate of drug-likeness (QED) is 0.811. The van der Waals surface area contributed by atoms with E-state index in [1.54, 1.807) is 0 Å². The lowest BCUT2D eigenvalue weighted by molar-refractivity contribution is 0.0855. The molecule has 1 fully saturated rings. The van der Waals surface area contributed by atoms with Crippen molar-refractivity contribution in [3.63, 3.8) is 0 Å². The number of ether oxygens (including phenoxy) is 1. The SMILES string of the molecule is CCNC(CO)(COc1ccccc1C(C)(C)C)C1CC1. The lowest BCUT2D eigenvalue weighted by atomic mass is 9.86. The fourth-order valence-electron chi connectivity index (χ4n) is 2.95.